The first-order valence-corrected chi connectivity index (χ1v) is 6.74. The molecule has 0 saturated heterocycles. The highest BCUT2D eigenvalue weighted by Crippen LogP contribution is 2.23. The van der Waals surface area contributed by atoms with Gasteiger partial charge in [-0.3, -0.25) is 0 Å². The van der Waals surface area contributed by atoms with Gasteiger partial charge in [0.15, 0.2) is 5.82 Å². The van der Waals surface area contributed by atoms with E-state index < -0.39 is 0 Å². The molecule has 0 amide bonds. The molecular weight excluding hydrogens is 238 g/mol. The highest BCUT2D eigenvalue weighted by atomic mass is 16.3. The SMILES string of the molecule is CCCNC(C)c1cnc(-c2ccoc2C)nc1C. The molecule has 4 heteroatoms. The Morgan fingerprint density at radius 1 is 1.37 bits per heavy atom. The van der Waals surface area contributed by atoms with Crippen LogP contribution in [-0.2, 0) is 0 Å². The summed E-state index contributed by atoms with van der Waals surface area (Å²) in [6.07, 6.45) is 4.71. The van der Waals surface area contributed by atoms with Crippen LogP contribution < -0.4 is 5.32 Å². The lowest BCUT2D eigenvalue weighted by molar-refractivity contribution is 0.535. The van der Waals surface area contributed by atoms with Crippen LogP contribution in [0.5, 0.6) is 0 Å². The fourth-order valence-corrected chi connectivity index (χ4v) is 2.12. The zero-order valence-corrected chi connectivity index (χ0v) is 12.0. The number of nitrogens with one attached hydrogen (secondary N) is 1. The molecule has 1 N–H and O–H groups in total. The summed E-state index contributed by atoms with van der Waals surface area (Å²) in [5.41, 5.74) is 3.13. The lowest BCUT2D eigenvalue weighted by atomic mass is 10.1. The first-order chi connectivity index (χ1) is 9.13. The molecule has 1 atom stereocenters. The van der Waals surface area contributed by atoms with E-state index in [1.54, 1.807) is 6.26 Å². The summed E-state index contributed by atoms with van der Waals surface area (Å²) in [6.45, 7) is 9.26. The third kappa shape index (κ3) is 3.01. The van der Waals surface area contributed by atoms with Crippen molar-refractivity contribution in [2.45, 2.75) is 40.2 Å². The normalized spacial score (nSPS) is 12.6. The zero-order valence-electron chi connectivity index (χ0n) is 12.0. The third-order valence-corrected chi connectivity index (χ3v) is 3.28. The van der Waals surface area contributed by atoms with Crippen molar-refractivity contribution in [3.05, 3.63) is 35.5 Å². The molecular formula is C15H21N3O. The molecule has 4 nitrogen and oxygen atoms in total. The summed E-state index contributed by atoms with van der Waals surface area (Å²) in [4.78, 5) is 9.06. The van der Waals surface area contributed by atoms with Crippen LogP contribution in [0.15, 0.2) is 22.9 Å². The maximum Gasteiger partial charge on any atom is 0.162 e. The van der Waals surface area contributed by atoms with E-state index in [1.807, 2.05) is 26.1 Å². The molecule has 2 heterocycles. The average molecular weight is 259 g/mol. The van der Waals surface area contributed by atoms with Gasteiger partial charge in [-0.05, 0) is 39.8 Å². The Labute approximate surface area is 114 Å². The minimum Gasteiger partial charge on any atom is -0.469 e. The van der Waals surface area contributed by atoms with E-state index in [1.165, 1.54) is 0 Å². The summed E-state index contributed by atoms with van der Waals surface area (Å²) < 4.78 is 5.30. The highest BCUT2D eigenvalue weighted by molar-refractivity contribution is 5.57. The lowest BCUT2D eigenvalue weighted by Gasteiger charge is -2.15. The molecule has 1 unspecified atom stereocenters. The Kier molecular flexibility index (Phi) is 4.32. The molecule has 0 aliphatic rings. The standard InChI is InChI=1S/C15H21N3O/c1-5-7-16-10(2)14-9-17-15(18-11(14)3)13-6-8-19-12(13)4/h6,8-10,16H,5,7H2,1-4H3. The van der Waals surface area contributed by atoms with Crippen LogP contribution in [0.1, 0.15) is 43.3 Å². The molecule has 19 heavy (non-hydrogen) atoms. The molecule has 0 aliphatic heterocycles. The van der Waals surface area contributed by atoms with Crippen molar-refractivity contribution < 1.29 is 4.42 Å². The van der Waals surface area contributed by atoms with Gasteiger partial charge in [0.2, 0.25) is 0 Å². The summed E-state index contributed by atoms with van der Waals surface area (Å²) in [5, 5.41) is 3.46. The number of aromatic nitrogens is 2. The fraction of sp³-hybridized carbons (Fsp3) is 0.467. The first kappa shape index (κ1) is 13.7. The largest absolute Gasteiger partial charge is 0.469 e. The van der Waals surface area contributed by atoms with Crippen LogP contribution in [0.4, 0.5) is 0 Å². The van der Waals surface area contributed by atoms with Gasteiger partial charge in [0.25, 0.3) is 0 Å². The minimum atomic E-state index is 0.277. The fourth-order valence-electron chi connectivity index (χ4n) is 2.12. The Bertz CT molecular complexity index is 548. The van der Waals surface area contributed by atoms with Gasteiger partial charge in [-0.15, -0.1) is 0 Å². The maximum absolute atomic E-state index is 5.30. The van der Waals surface area contributed by atoms with Gasteiger partial charge < -0.3 is 9.73 Å². The number of nitrogens with zero attached hydrogens (tertiary/aromatic N) is 2. The predicted molar refractivity (Wildman–Crippen MR) is 75.9 cm³/mol. The molecule has 0 spiro atoms. The van der Waals surface area contributed by atoms with E-state index >= 15 is 0 Å². The molecule has 0 bridgehead atoms. The van der Waals surface area contributed by atoms with Crippen LogP contribution in [0.3, 0.4) is 0 Å². The predicted octanol–water partition coefficient (Wildman–Crippen LogP) is 3.41. The van der Waals surface area contributed by atoms with Gasteiger partial charge >= 0.3 is 0 Å². The van der Waals surface area contributed by atoms with Gasteiger partial charge in [-0.2, -0.15) is 0 Å². The van der Waals surface area contributed by atoms with Crippen molar-refractivity contribution in [3.63, 3.8) is 0 Å². The summed E-state index contributed by atoms with van der Waals surface area (Å²) >= 11 is 0. The molecule has 0 radical (unpaired) electrons. The third-order valence-electron chi connectivity index (χ3n) is 3.28. The molecule has 0 aliphatic carbocycles. The van der Waals surface area contributed by atoms with Gasteiger partial charge in [-0.25, -0.2) is 9.97 Å². The van der Waals surface area contributed by atoms with Crippen LogP contribution >= 0.6 is 0 Å². The molecule has 2 aromatic heterocycles. The van der Waals surface area contributed by atoms with Crippen molar-refractivity contribution in [2.75, 3.05) is 6.54 Å². The molecule has 0 aromatic carbocycles. The van der Waals surface area contributed by atoms with Gasteiger partial charge in [-0.1, -0.05) is 6.92 Å². The van der Waals surface area contributed by atoms with E-state index in [-0.39, 0.29) is 6.04 Å². The van der Waals surface area contributed by atoms with Crippen LogP contribution in [-0.4, -0.2) is 16.5 Å². The summed E-state index contributed by atoms with van der Waals surface area (Å²) in [7, 11) is 0. The van der Waals surface area contributed by atoms with Crippen molar-refractivity contribution in [3.8, 4) is 11.4 Å². The number of hydrogen-bond donors (Lipinski definition) is 1. The maximum atomic E-state index is 5.30. The molecule has 2 aromatic rings. The van der Waals surface area contributed by atoms with Crippen molar-refractivity contribution in [2.24, 2.45) is 0 Å². The second-order valence-electron chi connectivity index (χ2n) is 4.80. The van der Waals surface area contributed by atoms with Crippen molar-refractivity contribution in [1.29, 1.82) is 0 Å². The van der Waals surface area contributed by atoms with Crippen molar-refractivity contribution in [1.82, 2.24) is 15.3 Å². The van der Waals surface area contributed by atoms with E-state index in [9.17, 15) is 0 Å². The second-order valence-corrected chi connectivity index (χ2v) is 4.80. The molecule has 0 fully saturated rings. The van der Waals surface area contributed by atoms with Crippen molar-refractivity contribution >= 4 is 0 Å². The smallest absolute Gasteiger partial charge is 0.162 e. The second kappa shape index (κ2) is 5.97. The van der Waals surface area contributed by atoms with Crippen LogP contribution in [0, 0.1) is 13.8 Å². The van der Waals surface area contributed by atoms with Crippen LogP contribution in [0.2, 0.25) is 0 Å². The van der Waals surface area contributed by atoms with E-state index in [0.717, 1.165) is 41.4 Å². The van der Waals surface area contributed by atoms with E-state index in [4.69, 9.17) is 4.42 Å². The van der Waals surface area contributed by atoms with E-state index in [0.29, 0.717) is 0 Å². The van der Waals surface area contributed by atoms with Crippen LogP contribution in [0.25, 0.3) is 11.4 Å². The molecule has 2 rings (SSSR count). The van der Waals surface area contributed by atoms with Gasteiger partial charge in [0.1, 0.15) is 5.76 Å². The lowest BCUT2D eigenvalue weighted by Crippen LogP contribution is -2.20. The van der Waals surface area contributed by atoms with Gasteiger partial charge in [0, 0.05) is 23.5 Å². The monoisotopic (exact) mass is 259 g/mol. The van der Waals surface area contributed by atoms with Gasteiger partial charge in [0.05, 0.1) is 11.8 Å². The number of hydrogen-bond acceptors (Lipinski definition) is 4. The Morgan fingerprint density at radius 2 is 2.16 bits per heavy atom. The topological polar surface area (TPSA) is 51.0 Å². The summed E-state index contributed by atoms with van der Waals surface area (Å²) in [6, 6.07) is 2.18. The summed E-state index contributed by atoms with van der Waals surface area (Å²) in [5.74, 6) is 1.58. The number of furan rings is 1. The Morgan fingerprint density at radius 3 is 2.74 bits per heavy atom. The minimum absolute atomic E-state index is 0.277. The Hall–Kier alpha value is -1.68. The highest BCUT2D eigenvalue weighted by Gasteiger charge is 2.13. The Balaban J connectivity index is 2.25. The molecule has 102 valence electrons. The zero-order chi connectivity index (χ0) is 13.8. The molecule has 0 saturated carbocycles. The quantitative estimate of drug-likeness (QED) is 0.894. The average Bonchev–Trinajstić information content (AvgIpc) is 2.82. The van der Waals surface area contributed by atoms with E-state index in [2.05, 4.69) is 29.1 Å². The first-order valence-electron chi connectivity index (χ1n) is 6.74. The number of aryl methyl sites for hydroxylation is 2. The number of rotatable bonds is 5.